The maximum absolute atomic E-state index is 12.0. The topological polar surface area (TPSA) is 53.0 Å². The van der Waals surface area contributed by atoms with E-state index in [1.165, 1.54) is 0 Å². The van der Waals surface area contributed by atoms with Gasteiger partial charge >= 0.3 is 5.69 Å². The molecule has 1 atom stereocenters. The minimum absolute atomic E-state index is 0.0327. The summed E-state index contributed by atoms with van der Waals surface area (Å²) in [6.07, 6.45) is 1.82. The Morgan fingerprint density at radius 2 is 2.06 bits per heavy atom. The molecule has 1 aromatic heterocycles. The van der Waals surface area contributed by atoms with E-state index < -0.39 is 0 Å². The number of nitrogens with zero attached hydrogens (tertiary/aromatic N) is 2. The van der Waals surface area contributed by atoms with Crippen LogP contribution in [0.25, 0.3) is 5.69 Å². The first-order valence-electron chi connectivity index (χ1n) is 5.61. The monoisotopic (exact) mass is 231 g/mol. The van der Waals surface area contributed by atoms with Gasteiger partial charge in [0.15, 0.2) is 0 Å². The van der Waals surface area contributed by atoms with Gasteiger partial charge in [0.25, 0.3) is 0 Å². The molecular weight excluding hydrogens is 214 g/mol. The van der Waals surface area contributed by atoms with Gasteiger partial charge in [-0.1, -0.05) is 12.1 Å². The van der Waals surface area contributed by atoms with Crippen LogP contribution in [0.3, 0.4) is 0 Å². The second-order valence-corrected chi connectivity index (χ2v) is 4.38. The lowest BCUT2D eigenvalue weighted by Crippen LogP contribution is -2.21. The van der Waals surface area contributed by atoms with Gasteiger partial charge in [0.05, 0.1) is 5.69 Å². The molecular formula is C13H17N3O. The third-order valence-electron chi connectivity index (χ3n) is 2.88. The highest BCUT2D eigenvalue weighted by Gasteiger charge is 2.08. The molecule has 4 heteroatoms. The Balaban J connectivity index is 2.61. The van der Waals surface area contributed by atoms with E-state index in [0.29, 0.717) is 0 Å². The Morgan fingerprint density at radius 1 is 1.35 bits per heavy atom. The number of aryl methyl sites for hydroxylation is 2. The standard InChI is InChI=1S/C13H17N3O/c1-9-8-15(3)13(17)16(9)12-6-4-5-11(7-12)10(2)14/h4-8,10H,14H2,1-3H3. The van der Waals surface area contributed by atoms with Crippen LogP contribution >= 0.6 is 0 Å². The van der Waals surface area contributed by atoms with Gasteiger partial charge in [0, 0.05) is 25.0 Å². The van der Waals surface area contributed by atoms with E-state index >= 15 is 0 Å². The molecule has 0 aliphatic carbocycles. The Hall–Kier alpha value is -1.81. The molecule has 0 fully saturated rings. The van der Waals surface area contributed by atoms with E-state index in [1.807, 2.05) is 44.3 Å². The minimum Gasteiger partial charge on any atom is -0.324 e. The smallest absolute Gasteiger partial charge is 0.324 e. The molecule has 0 radical (unpaired) electrons. The molecule has 17 heavy (non-hydrogen) atoms. The third kappa shape index (κ3) is 2.03. The van der Waals surface area contributed by atoms with Gasteiger partial charge in [-0.05, 0) is 31.5 Å². The molecule has 0 saturated carbocycles. The summed E-state index contributed by atoms with van der Waals surface area (Å²) in [5.41, 5.74) is 8.62. The van der Waals surface area contributed by atoms with Gasteiger partial charge in [0.2, 0.25) is 0 Å². The summed E-state index contributed by atoms with van der Waals surface area (Å²) in [7, 11) is 1.75. The fraction of sp³-hybridized carbons (Fsp3) is 0.308. The molecule has 4 nitrogen and oxygen atoms in total. The maximum atomic E-state index is 12.0. The number of aromatic nitrogens is 2. The van der Waals surface area contributed by atoms with Crippen molar-refractivity contribution >= 4 is 0 Å². The Kier molecular flexibility index (Phi) is 2.90. The lowest BCUT2D eigenvalue weighted by atomic mass is 10.1. The predicted octanol–water partition coefficient (Wildman–Crippen LogP) is 1.50. The first-order valence-corrected chi connectivity index (χ1v) is 5.61. The predicted molar refractivity (Wildman–Crippen MR) is 68.3 cm³/mol. The zero-order valence-electron chi connectivity index (χ0n) is 10.3. The van der Waals surface area contributed by atoms with E-state index in [-0.39, 0.29) is 11.7 Å². The van der Waals surface area contributed by atoms with Gasteiger partial charge in [-0.25, -0.2) is 4.79 Å². The summed E-state index contributed by atoms with van der Waals surface area (Å²) in [6, 6.07) is 7.73. The van der Waals surface area contributed by atoms with Gasteiger partial charge in [0.1, 0.15) is 0 Å². The normalized spacial score (nSPS) is 12.7. The molecule has 0 bridgehead atoms. The van der Waals surface area contributed by atoms with Crippen molar-refractivity contribution in [2.24, 2.45) is 12.8 Å². The van der Waals surface area contributed by atoms with Crippen LogP contribution in [-0.4, -0.2) is 9.13 Å². The van der Waals surface area contributed by atoms with E-state index in [9.17, 15) is 4.79 Å². The van der Waals surface area contributed by atoms with Crippen molar-refractivity contribution in [3.05, 3.63) is 52.2 Å². The summed E-state index contributed by atoms with van der Waals surface area (Å²) in [4.78, 5) is 12.0. The highest BCUT2D eigenvalue weighted by Crippen LogP contribution is 2.15. The quantitative estimate of drug-likeness (QED) is 0.851. The molecule has 2 aromatic rings. The molecule has 0 saturated heterocycles. The Morgan fingerprint density at radius 3 is 2.59 bits per heavy atom. The first kappa shape index (κ1) is 11.7. The van der Waals surface area contributed by atoms with E-state index in [2.05, 4.69) is 0 Å². The van der Waals surface area contributed by atoms with Gasteiger partial charge in [-0.15, -0.1) is 0 Å². The highest BCUT2D eigenvalue weighted by molar-refractivity contribution is 5.38. The summed E-state index contributed by atoms with van der Waals surface area (Å²) in [6.45, 7) is 3.85. The molecule has 0 aliphatic rings. The lowest BCUT2D eigenvalue weighted by Gasteiger charge is -2.09. The number of imidazole rings is 1. The summed E-state index contributed by atoms with van der Waals surface area (Å²) in [5, 5.41) is 0. The second-order valence-electron chi connectivity index (χ2n) is 4.38. The summed E-state index contributed by atoms with van der Waals surface area (Å²) in [5.74, 6) is 0. The van der Waals surface area contributed by atoms with Crippen molar-refractivity contribution < 1.29 is 0 Å². The van der Waals surface area contributed by atoms with Crippen molar-refractivity contribution in [1.29, 1.82) is 0 Å². The van der Waals surface area contributed by atoms with Crippen LogP contribution in [0.2, 0.25) is 0 Å². The lowest BCUT2D eigenvalue weighted by molar-refractivity contribution is 0.803. The third-order valence-corrected chi connectivity index (χ3v) is 2.88. The van der Waals surface area contributed by atoms with Crippen molar-refractivity contribution in [2.75, 3.05) is 0 Å². The van der Waals surface area contributed by atoms with Crippen molar-refractivity contribution in [2.45, 2.75) is 19.9 Å². The van der Waals surface area contributed by atoms with Crippen LogP contribution < -0.4 is 11.4 Å². The molecule has 1 unspecified atom stereocenters. The zero-order valence-corrected chi connectivity index (χ0v) is 10.3. The molecule has 1 aromatic carbocycles. The summed E-state index contributed by atoms with van der Waals surface area (Å²) >= 11 is 0. The van der Waals surface area contributed by atoms with Crippen LogP contribution in [0, 0.1) is 6.92 Å². The highest BCUT2D eigenvalue weighted by atomic mass is 16.1. The van der Waals surface area contributed by atoms with E-state index in [0.717, 1.165) is 16.9 Å². The number of benzene rings is 1. The largest absolute Gasteiger partial charge is 0.332 e. The SMILES string of the molecule is Cc1cn(C)c(=O)n1-c1cccc(C(C)N)c1. The Bertz CT molecular complexity index is 593. The average Bonchev–Trinajstić information content (AvgIpc) is 2.53. The number of hydrogen-bond donors (Lipinski definition) is 1. The molecule has 2 rings (SSSR count). The Labute approximate surface area is 100 Å². The van der Waals surface area contributed by atoms with Crippen LogP contribution in [-0.2, 0) is 7.05 Å². The fourth-order valence-electron chi connectivity index (χ4n) is 1.96. The number of nitrogens with two attached hydrogens (primary N) is 1. The van der Waals surface area contributed by atoms with Gasteiger partial charge in [-0.2, -0.15) is 0 Å². The zero-order chi connectivity index (χ0) is 12.6. The molecule has 90 valence electrons. The van der Waals surface area contributed by atoms with Crippen LogP contribution in [0.1, 0.15) is 24.2 Å². The van der Waals surface area contributed by atoms with Crippen molar-refractivity contribution in [3.8, 4) is 5.69 Å². The van der Waals surface area contributed by atoms with E-state index in [4.69, 9.17) is 5.73 Å². The number of hydrogen-bond acceptors (Lipinski definition) is 2. The van der Waals surface area contributed by atoms with Gasteiger partial charge in [-0.3, -0.25) is 4.57 Å². The van der Waals surface area contributed by atoms with E-state index in [1.54, 1.807) is 16.2 Å². The molecule has 1 heterocycles. The fourth-order valence-corrected chi connectivity index (χ4v) is 1.96. The van der Waals surface area contributed by atoms with Crippen molar-refractivity contribution in [3.63, 3.8) is 0 Å². The van der Waals surface area contributed by atoms with Crippen LogP contribution in [0.4, 0.5) is 0 Å². The minimum atomic E-state index is -0.0377. The second kappa shape index (κ2) is 4.22. The number of rotatable bonds is 2. The van der Waals surface area contributed by atoms with Gasteiger partial charge < -0.3 is 10.3 Å². The molecule has 0 amide bonds. The summed E-state index contributed by atoms with van der Waals surface area (Å²) < 4.78 is 3.26. The maximum Gasteiger partial charge on any atom is 0.332 e. The first-order chi connectivity index (χ1) is 8.00. The average molecular weight is 231 g/mol. The van der Waals surface area contributed by atoms with Crippen molar-refractivity contribution in [1.82, 2.24) is 9.13 Å². The molecule has 0 spiro atoms. The molecule has 2 N–H and O–H groups in total. The molecule has 0 aliphatic heterocycles. The van der Waals surface area contributed by atoms with Crippen LogP contribution in [0.5, 0.6) is 0 Å². The van der Waals surface area contributed by atoms with Crippen LogP contribution in [0.15, 0.2) is 35.3 Å².